The van der Waals surface area contributed by atoms with Gasteiger partial charge in [-0.25, -0.2) is 4.79 Å². The minimum absolute atomic E-state index is 0.181. The lowest BCUT2D eigenvalue weighted by atomic mass is 10.1. The number of nitrogens with one attached hydrogen (secondary N) is 2. The molecule has 2 amide bonds. The van der Waals surface area contributed by atoms with Crippen LogP contribution in [-0.2, 0) is 4.74 Å². The quantitative estimate of drug-likeness (QED) is 0.879. The molecule has 1 saturated carbocycles. The number of nitrogens with zero attached hydrogens (tertiary/aromatic N) is 3. The van der Waals surface area contributed by atoms with E-state index in [9.17, 15) is 4.79 Å². The summed E-state index contributed by atoms with van der Waals surface area (Å²) < 4.78 is 5.46. The Morgan fingerprint density at radius 2 is 2.12 bits per heavy atom. The second kappa shape index (κ2) is 7.44. The first-order valence-electron chi connectivity index (χ1n) is 8.72. The number of hydrogen-bond donors (Lipinski definition) is 2. The van der Waals surface area contributed by atoms with Crippen molar-refractivity contribution in [2.75, 3.05) is 25.5 Å². The first-order valence-corrected chi connectivity index (χ1v) is 8.72. The number of amides is 2. The fraction of sp³-hybridized carbons (Fsp3) is 0.706. The van der Waals surface area contributed by atoms with Crippen LogP contribution in [-0.4, -0.2) is 59.5 Å². The lowest BCUT2D eigenvalue weighted by Gasteiger charge is -2.29. The third kappa shape index (κ3) is 3.84. The molecule has 2 aliphatic rings. The van der Waals surface area contributed by atoms with E-state index in [-0.39, 0.29) is 12.1 Å². The zero-order valence-corrected chi connectivity index (χ0v) is 14.7. The molecule has 1 aliphatic heterocycles. The van der Waals surface area contributed by atoms with Gasteiger partial charge in [0.15, 0.2) is 5.82 Å². The monoisotopic (exact) mass is 333 g/mol. The molecule has 2 fully saturated rings. The van der Waals surface area contributed by atoms with Crippen molar-refractivity contribution in [3.05, 3.63) is 17.3 Å². The van der Waals surface area contributed by atoms with Gasteiger partial charge < -0.3 is 10.1 Å². The Balaban J connectivity index is 1.56. The molecule has 1 aromatic heterocycles. The number of ether oxygens (including phenoxy) is 1. The Bertz CT molecular complexity index is 594. The molecule has 0 radical (unpaired) electrons. The molecule has 1 saturated heterocycles. The summed E-state index contributed by atoms with van der Waals surface area (Å²) in [7, 11) is 1.77. The summed E-state index contributed by atoms with van der Waals surface area (Å²) in [6.07, 6.45) is 4.69. The summed E-state index contributed by atoms with van der Waals surface area (Å²) in [5, 5.41) is 14.0. The zero-order valence-electron chi connectivity index (χ0n) is 14.7. The number of methoxy groups -OCH3 is 1. The highest BCUT2D eigenvalue weighted by Gasteiger charge is 2.36. The van der Waals surface area contributed by atoms with E-state index in [4.69, 9.17) is 4.74 Å². The molecule has 1 unspecified atom stereocenters. The van der Waals surface area contributed by atoms with Crippen molar-refractivity contribution in [3.8, 4) is 0 Å². The van der Waals surface area contributed by atoms with Crippen molar-refractivity contribution in [3.63, 3.8) is 0 Å². The molecule has 24 heavy (non-hydrogen) atoms. The maximum absolute atomic E-state index is 12.3. The van der Waals surface area contributed by atoms with Gasteiger partial charge in [0.1, 0.15) is 0 Å². The molecule has 2 N–H and O–H groups in total. The second-order valence-electron chi connectivity index (χ2n) is 6.84. The van der Waals surface area contributed by atoms with Crippen LogP contribution in [0.1, 0.15) is 36.9 Å². The Labute approximate surface area is 143 Å². The van der Waals surface area contributed by atoms with Crippen LogP contribution in [0.4, 0.5) is 10.6 Å². The van der Waals surface area contributed by atoms with E-state index in [0.29, 0.717) is 18.0 Å². The highest BCUT2D eigenvalue weighted by molar-refractivity contribution is 5.88. The first kappa shape index (κ1) is 17.1. The van der Waals surface area contributed by atoms with Gasteiger partial charge in [0, 0.05) is 32.3 Å². The smallest absolute Gasteiger partial charge is 0.320 e. The van der Waals surface area contributed by atoms with Gasteiger partial charge in [-0.2, -0.15) is 5.10 Å². The lowest BCUT2D eigenvalue weighted by molar-refractivity contribution is 0.0985. The van der Waals surface area contributed by atoms with Gasteiger partial charge in [0.2, 0.25) is 0 Å². The minimum Gasteiger partial charge on any atom is -0.380 e. The number of urea groups is 1. The Morgan fingerprint density at radius 3 is 2.83 bits per heavy atom. The summed E-state index contributed by atoms with van der Waals surface area (Å²) in [5.74, 6) is 0.491. The molecule has 0 bridgehead atoms. The Kier molecular flexibility index (Phi) is 5.30. The molecule has 3 atom stereocenters. The third-order valence-corrected chi connectivity index (χ3v) is 5.25. The molecule has 3 rings (SSSR count). The van der Waals surface area contributed by atoms with E-state index in [2.05, 4.69) is 25.7 Å². The second-order valence-corrected chi connectivity index (χ2v) is 6.84. The maximum atomic E-state index is 12.3. The van der Waals surface area contributed by atoms with Crippen LogP contribution in [0.15, 0.2) is 6.07 Å². The van der Waals surface area contributed by atoms with Crippen molar-refractivity contribution in [2.45, 2.75) is 57.7 Å². The number of rotatable bonds is 4. The third-order valence-electron chi connectivity index (χ3n) is 5.25. The van der Waals surface area contributed by atoms with Gasteiger partial charge in [-0.05, 0) is 51.2 Å². The fourth-order valence-electron chi connectivity index (χ4n) is 3.72. The van der Waals surface area contributed by atoms with E-state index < -0.39 is 0 Å². The summed E-state index contributed by atoms with van der Waals surface area (Å²) in [6, 6.07) is 2.23. The normalized spacial score (nSPS) is 27.4. The van der Waals surface area contributed by atoms with Gasteiger partial charge in [0.25, 0.3) is 0 Å². The van der Waals surface area contributed by atoms with E-state index in [1.165, 1.54) is 0 Å². The number of likely N-dealkylation sites (tertiary alicyclic amines) is 1. The molecule has 1 aromatic rings. The molecular weight excluding hydrogens is 306 g/mol. The average Bonchev–Trinajstić information content (AvgIpc) is 3.19. The first-order chi connectivity index (χ1) is 11.6. The Morgan fingerprint density at radius 1 is 1.29 bits per heavy atom. The SMILES string of the molecule is COC1CCN([C@@H]2CCC[C@@H]2NC(=O)Nc2cc(C)c(C)nn2)C1. The summed E-state index contributed by atoms with van der Waals surface area (Å²) in [4.78, 5) is 14.8. The maximum Gasteiger partial charge on any atom is 0.320 e. The van der Waals surface area contributed by atoms with Gasteiger partial charge in [0.05, 0.1) is 11.8 Å². The number of carbonyl (C=O) groups excluding carboxylic acids is 1. The average molecular weight is 333 g/mol. The van der Waals surface area contributed by atoms with Gasteiger partial charge in [-0.1, -0.05) is 0 Å². The van der Waals surface area contributed by atoms with Crippen LogP contribution in [0.3, 0.4) is 0 Å². The van der Waals surface area contributed by atoms with Crippen molar-refractivity contribution in [1.29, 1.82) is 0 Å². The fourth-order valence-corrected chi connectivity index (χ4v) is 3.72. The van der Waals surface area contributed by atoms with E-state index in [1.807, 2.05) is 19.9 Å². The van der Waals surface area contributed by atoms with Crippen molar-refractivity contribution in [1.82, 2.24) is 20.4 Å². The number of anilines is 1. The number of aromatic nitrogens is 2. The molecule has 1 aliphatic carbocycles. The van der Waals surface area contributed by atoms with Crippen LogP contribution in [0, 0.1) is 13.8 Å². The Hall–Kier alpha value is -1.73. The number of carbonyl (C=O) groups is 1. The molecular formula is C17H27N5O2. The topological polar surface area (TPSA) is 79.4 Å². The van der Waals surface area contributed by atoms with Crippen LogP contribution in [0.5, 0.6) is 0 Å². The van der Waals surface area contributed by atoms with Gasteiger partial charge >= 0.3 is 6.03 Å². The molecule has 7 heteroatoms. The zero-order chi connectivity index (χ0) is 17.1. The van der Waals surface area contributed by atoms with Crippen LogP contribution in [0.2, 0.25) is 0 Å². The van der Waals surface area contributed by atoms with E-state index in [1.54, 1.807) is 7.11 Å². The molecule has 7 nitrogen and oxygen atoms in total. The summed E-state index contributed by atoms with van der Waals surface area (Å²) >= 11 is 0. The molecule has 2 heterocycles. The van der Waals surface area contributed by atoms with E-state index >= 15 is 0 Å². The van der Waals surface area contributed by atoms with Gasteiger partial charge in [-0.15, -0.1) is 5.10 Å². The number of hydrogen-bond acceptors (Lipinski definition) is 5. The molecule has 132 valence electrons. The molecule has 0 spiro atoms. The molecule has 0 aromatic carbocycles. The predicted molar refractivity (Wildman–Crippen MR) is 92.1 cm³/mol. The van der Waals surface area contributed by atoms with Gasteiger partial charge in [-0.3, -0.25) is 10.2 Å². The summed E-state index contributed by atoms with van der Waals surface area (Å²) in [6.45, 7) is 5.87. The highest BCUT2D eigenvalue weighted by atomic mass is 16.5. The lowest BCUT2D eigenvalue weighted by Crippen LogP contribution is -2.49. The summed E-state index contributed by atoms with van der Waals surface area (Å²) in [5.41, 5.74) is 1.89. The van der Waals surface area contributed by atoms with Crippen LogP contribution < -0.4 is 10.6 Å². The highest BCUT2D eigenvalue weighted by Crippen LogP contribution is 2.28. The largest absolute Gasteiger partial charge is 0.380 e. The predicted octanol–water partition coefficient (Wildman–Crippen LogP) is 1.86. The standard InChI is InChI=1S/C17H27N5O2/c1-11-9-16(21-20-12(11)2)19-17(23)18-14-5-4-6-15(14)22-8-7-13(10-22)24-3/h9,13-15H,4-8,10H2,1-3H3,(H2,18,19,21,23)/t13?,14-,15+/m0/s1. The van der Waals surface area contributed by atoms with Crippen LogP contribution in [0.25, 0.3) is 0 Å². The van der Waals surface area contributed by atoms with Crippen molar-refractivity contribution in [2.24, 2.45) is 0 Å². The minimum atomic E-state index is -0.202. The van der Waals surface area contributed by atoms with Crippen molar-refractivity contribution < 1.29 is 9.53 Å². The number of aryl methyl sites for hydroxylation is 2. The van der Waals surface area contributed by atoms with E-state index in [0.717, 1.165) is 50.0 Å². The van der Waals surface area contributed by atoms with Crippen LogP contribution >= 0.6 is 0 Å². The van der Waals surface area contributed by atoms with Crippen molar-refractivity contribution >= 4 is 11.8 Å².